The highest BCUT2D eigenvalue weighted by atomic mass is 35.5. The van der Waals surface area contributed by atoms with Crippen molar-refractivity contribution in [3.05, 3.63) is 58.6 Å². The molecule has 0 atom stereocenters. The number of sulfone groups is 1. The Bertz CT molecular complexity index is 1000. The molecule has 1 saturated heterocycles. The molecule has 0 unspecified atom stereocenters. The molecule has 0 saturated carbocycles. The monoisotopic (exact) mass is 469 g/mol. The molecule has 3 rings (SSSR count). The number of carbonyl (C=O) groups is 2. The zero-order valence-electron chi connectivity index (χ0n) is 16.1. The number of halogens is 2. The molecule has 7 nitrogen and oxygen atoms in total. The van der Waals surface area contributed by atoms with Crippen LogP contribution in [0.4, 0.5) is 5.69 Å². The van der Waals surface area contributed by atoms with Crippen LogP contribution in [-0.2, 0) is 19.4 Å². The van der Waals surface area contributed by atoms with Crippen molar-refractivity contribution >= 4 is 50.5 Å². The average Bonchev–Trinajstić information content (AvgIpc) is 2.73. The third-order valence-electron chi connectivity index (χ3n) is 4.75. The molecular weight excluding hydrogens is 449 g/mol. The van der Waals surface area contributed by atoms with E-state index in [1.165, 1.54) is 24.3 Å². The van der Waals surface area contributed by atoms with Crippen LogP contribution in [0.25, 0.3) is 0 Å². The molecule has 30 heavy (non-hydrogen) atoms. The third-order valence-corrected chi connectivity index (χ3v) is 6.89. The third kappa shape index (κ3) is 5.87. The lowest BCUT2D eigenvalue weighted by Gasteiger charge is -2.36. The predicted octanol–water partition coefficient (Wildman–Crippen LogP) is 2.23. The number of hydrogen-bond donors (Lipinski definition) is 1. The van der Waals surface area contributed by atoms with E-state index in [-0.39, 0.29) is 17.3 Å². The fourth-order valence-corrected chi connectivity index (χ4v) is 4.52. The van der Waals surface area contributed by atoms with Crippen LogP contribution >= 0.6 is 23.2 Å². The summed E-state index contributed by atoms with van der Waals surface area (Å²) in [6.45, 7) is 2.11. The van der Waals surface area contributed by atoms with Gasteiger partial charge in [-0.2, -0.15) is 0 Å². The van der Waals surface area contributed by atoms with E-state index in [0.29, 0.717) is 36.2 Å². The summed E-state index contributed by atoms with van der Waals surface area (Å²) in [5.74, 6) is -1.70. The molecule has 160 valence electrons. The van der Waals surface area contributed by atoms with E-state index < -0.39 is 21.5 Å². The van der Waals surface area contributed by atoms with Gasteiger partial charge in [0.15, 0.2) is 9.84 Å². The summed E-state index contributed by atoms with van der Waals surface area (Å²) in [6, 6.07) is 13.1. The molecule has 1 aliphatic heterocycles. The minimum Gasteiger partial charge on any atom is -0.368 e. The number of nitrogens with zero attached hydrogens (tertiary/aromatic N) is 2. The normalized spacial score (nSPS) is 14.5. The van der Waals surface area contributed by atoms with Crippen LogP contribution in [0.3, 0.4) is 0 Å². The fourth-order valence-electron chi connectivity index (χ4n) is 3.10. The molecule has 1 aliphatic rings. The first kappa shape index (κ1) is 22.4. The Labute approximate surface area is 185 Å². The zero-order valence-corrected chi connectivity index (χ0v) is 18.4. The summed E-state index contributed by atoms with van der Waals surface area (Å²) >= 11 is 11.7. The van der Waals surface area contributed by atoms with Crippen molar-refractivity contribution in [1.82, 2.24) is 10.2 Å². The zero-order chi connectivity index (χ0) is 21.7. The smallest absolute Gasteiger partial charge is 0.242 e. The van der Waals surface area contributed by atoms with Crippen molar-refractivity contribution in [2.75, 3.05) is 43.4 Å². The van der Waals surface area contributed by atoms with Crippen LogP contribution in [0.15, 0.2) is 53.4 Å². The van der Waals surface area contributed by atoms with E-state index in [1.807, 2.05) is 24.3 Å². The first-order valence-electron chi connectivity index (χ1n) is 9.28. The number of benzene rings is 2. The number of carbonyl (C=O) groups excluding carboxylic acids is 2. The largest absolute Gasteiger partial charge is 0.368 e. The molecule has 2 amide bonds. The topological polar surface area (TPSA) is 86.8 Å². The van der Waals surface area contributed by atoms with Gasteiger partial charge < -0.3 is 15.1 Å². The summed E-state index contributed by atoms with van der Waals surface area (Å²) in [7, 11) is -3.80. The molecule has 2 aromatic carbocycles. The Morgan fingerprint density at radius 3 is 1.97 bits per heavy atom. The number of nitrogens with one attached hydrogen (secondary N) is 1. The lowest BCUT2D eigenvalue weighted by Crippen LogP contribution is -2.51. The fraction of sp³-hybridized carbons (Fsp3) is 0.300. The second-order valence-electron chi connectivity index (χ2n) is 6.83. The van der Waals surface area contributed by atoms with E-state index in [1.54, 1.807) is 4.90 Å². The first-order valence-corrected chi connectivity index (χ1v) is 11.7. The van der Waals surface area contributed by atoms with E-state index in [4.69, 9.17) is 23.2 Å². The molecule has 2 aromatic rings. The summed E-state index contributed by atoms with van der Waals surface area (Å²) in [4.78, 5) is 28.2. The van der Waals surface area contributed by atoms with Crippen molar-refractivity contribution in [3.63, 3.8) is 0 Å². The maximum atomic E-state index is 12.4. The predicted molar refractivity (Wildman–Crippen MR) is 117 cm³/mol. The van der Waals surface area contributed by atoms with Crippen LogP contribution in [0.1, 0.15) is 0 Å². The number of hydrogen-bond acceptors (Lipinski definition) is 5. The maximum absolute atomic E-state index is 12.4. The quantitative estimate of drug-likeness (QED) is 0.700. The minimum atomic E-state index is -3.80. The molecule has 0 radical (unpaired) electrons. The molecule has 10 heteroatoms. The maximum Gasteiger partial charge on any atom is 0.242 e. The molecule has 1 fully saturated rings. The molecule has 0 aliphatic carbocycles. The Morgan fingerprint density at radius 2 is 1.40 bits per heavy atom. The van der Waals surface area contributed by atoms with Crippen LogP contribution in [-0.4, -0.2) is 63.6 Å². The van der Waals surface area contributed by atoms with Gasteiger partial charge in [0.05, 0.1) is 11.4 Å². The first-order chi connectivity index (χ1) is 14.2. The SMILES string of the molecule is O=C(CS(=O)(=O)c1ccc(Cl)cc1)NCC(=O)N1CCN(c2ccc(Cl)cc2)CC1. The van der Waals surface area contributed by atoms with Gasteiger partial charge in [-0.3, -0.25) is 9.59 Å². The molecule has 1 N–H and O–H groups in total. The van der Waals surface area contributed by atoms with Gasteiger partial charge in [0.1, 0.15) is 5.75 Å². The molecule has 0 bridgehead atoms. The van der Waals surface area contributed by atoms with Crippen molar-refractivity contribution in [2.24, 2.45) is 0 Å². The molecule has 0 aromatic heterocycles. The Hall–Kier alpha value is -2.29. The van der Waals surface area contributed by atoms with Gasteiger partial charge in [-0.25, -0.2) is 8.42 Å². The minimum absolute atomic E-state index is 0.00620. The number of rotatable bonds is 6. The van der Waals surface area contributed by atoms with Crippen molar-refractivity contribution in [1.29, 1.82) is 0 Å². The van der Waals surface area contributed by atoms with E-state index in [2.05, 4.69) is 10.2 Å². The molecule has 0 spiro atoms. The van der Waals surface area contributed by atoms with Gasteiger partial charge in [-0.05, 0) is 48.5 Å². The lowest BCUT2D eigenvalue weighted by atomic mass is 10.2. The van der Waals surface area contributed by atoms with Crippen molar-refractivity contribution in [3.8, 4) is 0 Å². The average molecular weight is 470 g/mol. The Balaban J connectivity index is 1.46. The Morgan fingerprint density at radius 1 is 0.867 bits per heavy atom. The van der Waals surface area contributed by atoms with Gasteiger partial charge in [-0.15, -0.1) is 0 Å². The highest BCUT2D eigenvalue weighted by Crippen LogP contribution is 2.19. The second-order valence-corrected chi connectivity index (χ2v) is 9.70. The van der Waals surface area contributed by atoms with Crippen molar-refractivity contribution < 1.29 is 18.0 Å². The summed E-state index contributed by atoms with van der Waals surface area (Å²) < 4.78 is 24.6. The standard InChI is InChI=1S/C20H21Cl2N3O4S/c21-15-1-5-17(6-2-15)24-9-11-25(12-10-24)20(27)13-23-19(26)14-30(28,29)18-7-3-16(22)4-8-18/h1-8H,9-14H2,(H,23,26). The van der Waals surface area contributed by atoms with Gasteiger partial charge in [0, 0.05) is 41.9 Å². The highest BCUT2D eigenvalue weighted by molar-refractivity contribution is 7.92. The summed E-state index contributed by atoms with van der Waals surface area (Å²) in [5, 5.41) is 3.47. The van der Waals surface area contributed by atoms with E-state index in [0.717, 1.165) is 5.69 Å². The van der Waals surface area contributed by atoms with E-state index in [9.17, 15) is 18.0 Å². The van der Waals surface area contributed by atoms with Crippen LogP contribution in [0.5, 0.6) is 0 Å². The number of anilines is 1. The number of piperazine rings is 1. The lowest BCUT2D eigenvalue weighted by molar-refractivity contribution is -0.132. The van der Waals surface area contributed by atoms with Crippen LogP contribution in [0.2, 0.25) is 10.0 Å². The number of amides is 2. The van der Waals surface area contributed by atoms with Gasteiger partial charge >= 0.3 is 0 Å². The van der Waals surface area contributed by atoms with Crippen LogP contribution < -0.4 is 10.2 Å². The Kier molecular flexibility index (Phi) is 7.23. The summed E-state index contributed by atoms with van der Waals surface area (Å²) in [5.41, 5.74) is 1.03. The molecule has 1 heterocycles. The van der Waals surface area contributed by atoms with Crippen LogP contribution in [0, 0.1) is 0 Å². The van der Waals surface area contributed by atoms with Crippen molar-refractivity contribution in [2.45, 2.75) is 4.90 Å². The summed E-state index contributed by atoms with van der Waals surface area (Å²) in [6.07, 6.45) is 0. The van der Waals surface area contributed by atoms with Gasteiger partial charge in [-0.1, -0.05) is 23.2 Å². The van der Waals surface area contributed by atoms with E-state index >= 15 is 0 Å². The molecular formula is C20H21Cl2N3O4S. The highest BCUT2D eigenvalue weighted by Gasteiger charge is 2.23. The van der Waals surface area contributed by atoms with Gasteiger partial charge in [0.2, 0.25) is 11.8 Å². The second kappa shape index (κ2) is 9.68. The van der Waals surface area contributed by atoms with Gasteiger partial charge in [0.25, 0.3) is 0 Å².